The molecule has 2 heterocycles. The number of fused-ring (bicyclic) bond motifs is 1. The maximum atomic E-state index is 13.2. The van der Waals surface area contributed by atoms with Gasteiger partial charge in [0.05, 0.1) is 23.4 Å². The first-order chi connectivity index (χ1) is 16.5. The number of aromatic nitrogens is 1. The van der Waals surface area contributed by atoms with Gasteiger partial charge < -0.3 is 14.5 Å². The lowest BCUT2D eigenvalue weighted by Gasteiger charge is -2.08. The van der Waals surface area contributed by atoms with E-state index in [1.54, 1.807) is 47.9 Å². The van der Waals surface area contributed by atoms with E-state index in [4.69, 9.17) is 4.74 Å². The zero-order valence-electron chi connectivity index (χ0n) is 18.6. The zero-order valence-corrected chi connectivity index (χ0v) is 20.2. The number of nitrogens with zero attached hydrogens (tertiary/aromatic N) is 1. The van der Waals surface area contributed by atoms with Crippen LogP contribution in [0.5, 0.6) is 0 Å². The minimum atomic E-state index is -0.546. The Bertz CT molecular complexity index is 1360. The van der Waals surface area contributed by atoms with Crippen molar-refractivity contribution < 1.29 is 19.1 Å². The molecule has 0 atom stereocenters. The fourth-order valence-corrected chi connectivity index (χ4v) is 4.13. The van der Waals surface area contributed by atoms with Crippen LogP contribution in [-0.4, -0.2) is 35.2 Å². The van der Waals surface area contributed by atoms with Gasteiger partial charge in [0.25, 0.3) is 5.91 Å². The Kier molecular flexibility index (Phi) is 7.23. The number of nitrogens with one attached hydrogen (secondary N) is 1. The number of carbonyl (C=O) groups excluding carboxylic acids is 3. The van der Waals surface area contributed by atoms with Crippen LogP contribution < -0.4 is 5.32 Å². The zero-order chi connectivity index (χ0) is 24.1. The third kappa shape index (κ3) is 5.10. The van der Waals surface area contributed by atoms with Crippen LogP contribution in [-0.2, 0) is 11.2 Å². The normalized spacial score (nSPS) is 10.8. The first-order valence-corrected chi connectivity index (χ1v) is 11.7. The number of ether oxygens (including phenoxy) is 1. The number of hydrogen-bond donors (Lipinski definition) is 1. The molecule has 172 valence electrons. The third-order valence-electron chi connectivity index (χ3n) is 5.39. The first-order valence-electron chi connectivity index (χ1n) is 10.9. The molecule has 0 saturated heterocycles. The molecule has 6 nitrogen and oxygen atoms in total. The summed E-state index contributed by atoms with van der Waals surface area (Å²) < 4.78 is 7.59. The van der Waals surface area contributed by atoms with Crippen molar-refractivity contribution >= 4 is 39.1 Å². The summed E-state index contributed by atoms with van der Waals surface area (Å²) in [5, 5.41) is 2.91. The Morgan fingerprint density at radius 1 is 0.941 bits per heavy atom. The van der Waals surface area contributed by atoms with Gasteiger partial charge in [0.2, 0.25) is 5.78 Å². The highest BCUT2D eigenvalue weighted by molar-refractivity contribution is 9.10. The van der Waals surface area contributed by atoms with Crippen LogP contribution in [0.25, 0.3) is 5.52 Å². The molecule has 0 bridgehead atoms. The number of esters is 1. The van der Waals surface area contributed by atoms with E-state index < -0.39 is 5.97 Å². The summed E-state index contributed by atoms with van der Waals surface area (Å²) in [7, 11) is 0. The van der Waals surface area contributed by atoms with E-state index in [0.717, 1.165) is 10.0 Å². The lowest BCUT2D eigenvalue weighted by atomic mass is 10.1. The van der Waals surface area contributed by atoms with E-state index in [2.05, 4.69) is 21.2 Å². The maximum Gasteiger partial charge on any atom is 0.340 e. The largest absolute Gasteiger partial charge is 0.462 e. The summed E-state index contributed by atoms with van der Waals surface area (Å²) in [5.41, 5.74) is 2.99. The number of amides is 1. The van der Waals surface area contributed by atoms with E-state index in [1.807, 2.05) is 36.4 Å². The van der Waals surface area contributed by atoms with Crippen molar-refractivity contribution in [2.75, 3.05) is 13.2 Å². The van der Waals surface area contributed by atoms with Crippen LogP contribution in [0.4, 0.5) is 0 Å². The average Bonchev–Trinajstić information content (AvgIpc) is 3.23. The molecule has 0 aliphatic heterocycles. The van der Waals surface area contributed by atoms with E-state index >= 15 is 0 Å². The van der Waals surface area contributed by atoms with Gasteiger partial charge in [-0.05, 0) is 49.2 Å². The number of halogens is 1. The van der Waals surface area contributed by atoms with Gasteiger partial charge in [0, 0.05) is 28.3 Å². The van der Waals surface area contributed by atoms with Crippen molar-refractivity contribution in [2.45, 2.75) is 13.3 Å². The van der Waals surface area contributed by atoms with Crippen LogP contribution in [0, 0.1) is 0 Å². The highest BCUT2D eigenvalue weighted by Crippen LogP contribution is 2.23. The van der Waals surface area contributed by atoms with Gasteiger partial charge in [-0.25, -0.2) is 4.79 Å². The molecule has 0 unspecified atom stereocenters. The second-order valence-electron chi connectivity index (χ2n) is 7.67. The SMILES string of the molecule is CCOC(=O)c1cc(C(=O)c2cccc(Br)c2)n2ccc(C(=O)NCCc3ccccc3)cc12. The number of ketones is 1. The standard InChI is InChI=1S/C27H23BrN2O4/c1-2-34-27(33)22-17-24(25(31)19-9-6-10-21(28)15-19)30-14-12-20(16-23(22)30)26(32)29-13-11-18-7-4-3-5-8-18/h3-10,12,14-17H,2,11,13H2,1H3,(H,29,32). The molecular weight excluding hydrogens is 496 g/mol. The van der Waals surface area contributed by atoms with Gasteiger partial charge in [-0.2, -0.15) is 0 Å². The maximum absolute atomic E-state index is 13.2. The molecular formula is C27H23BrN2O4. The van der Waals surface area contributed by atoms with E-state index in [9.17, 15) is 14.4 Å². The molecule has 2 aromatic heterocycles. The van der Waals surface area contributed by atoms with Gasteiger partial charge in [-0.3, -0.25) is 9.59 Å². The summed E-state index contributed by atoms with van der Waals surface area (Å²) >= 11 is 3.39. The number of hydrogen-bond acceptors (Lipinski definition) is 4. The van der Waals surface area contributed by atoms with Gasteiger partial charge in [0.15, 0.2) is 0 Å². The van der Waals surface area contributed by atoms with Crippen LogP contribution in [0.15, 0.2) is 83.5 Å². The molecule has 7 heteroatoms. The molecule has 0 aliphatic rings. The number of rotatable bonds is 8. The molecule has 0 radical (unpaired) electrons. The molecule has 0 fully saturated rings. The van der Waals surface area contributed by atoms with E-state index in [0.29, 0.717) is 35.3 Å². The Morgan fingerprint density at radius 3 is 2.47 bits per heavy atom. The van der Waals surface area contributed by atoms with E-state index in [-0.39, 0.29) is 23.9 Å². The Labute approximate surface area is 205 Å². The second kappa shape index (κ2) is 10.5. The highest BCUT2D eigenvalue weighted by Gasteiger charge is 2.22. The Balaban J connectivity index is 1.65. The molecule has 0 aliphatic carbocycles. The average molecular weight is 519 g/mol. The van der Waals surface area contributed by atoms with Gasteiger partial charge in [0.1, 0.15) is 0 Å². The molecule has 1 N–H and O–H groups in total. The van der Waals surface area contributed by atoms with Crippen LogP contribution in [0.1, 0.15) is 49.3 Å². The fourth-order valence-electron chi connectivity index (χ4n) is 3.73. The monoisotopic (exact) mass is 518 g/mol. The molecule has 2 aromatic carbocycles. The van der Waals surface area contributed by atoms with Crippen LogP contribution >= 0.6 is 15.9 Å². The molecule has 0 saturated carbocycles. The predicted molar refractivity (Wildman–Crippen MR) is 133 cm³/mol. The summed E-state index contributed by atoms with van der Waals surface area (Å²) in [4.78, 5) is 38.6. The lowest BCUT2D eigenvalue weighted by Crippen LogP contribution is -2.25. The fraction of sp³-hybridized carbons (Fsp3) is 0.148. The van der Waals surface area contributed by atoms with Crippen LogP contribution in [0.3, 0.4) is 0 Å². The number of pyridine rings is 1. The molecule has 4 rings (SSSR count). The Hall–Kier alpha value is -3.71. The van der Waals surface area contributed by atoms with Gasteiger partial charge in [-0.15, -0.1) is 0 Å². The van der Waals surface area contributed by atoms with E-state index in [1.165, 1.54) is 6.07 Å². The molecule has 0 spiro atoms. The predicted octanol–water partition coefficient (Wildman–Crippen LogP) is 5.08. The summed E-state index contributed by atoms with van der Waals surface area (Å²) in [6, 6.07) is 21.7. The third-order valence-corrected chi connectivity index (χ3v) is 5.88. The Morgan fingerprint density at radius 2 is 1.74 bits per heavy atom. The van der Waals surface area contributed by atoms with Crippen molar-refractivity contribution in [2.24, 2.45) is 0 Å². The minimum Gasteiger partial charge on any atom is -0.462 e. The quantitative estimate of drug-likeness (QED) is 0.260. The van der Waals surface area contributed by atoms with Gasteiger partial charge >= 0.3 is 5.97 Å². The van der Waals surface area contributed by atoms with Crippen molar-refractivity contribution in [3.8, 4) is 0 Å². The lowest BCUT2D eigenvalue weighted by molar-refractivity contribution is 0.0528. The molecule has 1 amide bonds. The van der Waals surface area contributed by atoms with Crippen LogP contribution in [0.2, 0.25) is 0 Å². The summed E-state index contributed by atoms with van der Waals surface area (Å²) in [5.74, 6) is -1.05. The first kappa shape index (κ1) is 23.4. The van der Waals surface area contributed by atoms with Crippen molar-refractivity contribution in [1.29, 1.82) is 0 Å². The topological polar surface area (TPSA) is 76.9 Å². The van der Waals surface area contributed by atoms with Gasteiger partial charge in [-0.1, -0.05) is 58.4 Å². The summed E-state index contributed by atoms with van der Waals surface area (Å²) in [6.07, 6.45) is 2.34. The van der Waals surface area contributed by atoms with Crippen molar-refractivity contribution in [3.63, 3.8) is 0 Å². The number of benzene rings is 2. The van der Waals surface area contributed by atoms with Crippen molar-refractivity contribution in [1.82, 2.24) is 9.72 Å². The highest BCUT2D eigenvalue weighted by atomic mass is 79.9. The molecule has 4 aromatic rings. The summed E-state index contributed by atoms with van der Waals surface area (Å²) in [6.45, 7) is 2.40. The number of carbonyl (C=O) groups is 3. The molecule has 34 heavy (non-hydrogen) atoms. The second-order valence-corrected chi connectivity index (χ2v) is 8.58. The van der Waals surface area contributed by atoms with Crippen molar-refractivity contribution in [3.05, 3.63) is 111 Å². The minimum absolute atomic E-state index is 0.199. The smallest absolute Gasteiger partial charge is 0.340 e.